The zero-order valence-corrected chi connectivity index (χ0v) is 22.9. The van der Waals surface area contributed by atoms with Gasteiger partial charge in [-0.05, 0) is 88.9 Å². The second-order valence-electron chi connectivity index (χ2n) is 10.5. The monoisotopic (exact) mass is 536 g/mol. The van der Waals surface area contributed by atoms with Crippen LogP contribution in [0.1, 0.15) is 69.2 Å². The summed E-state index contributed by atoms with van der Waals surface area (Å²) in [5.41, 5.74) is 1.60. The van der Waals surface area contributed by atoms with Crippen molar-refractivity contribution in [3.05, 3.63) is 77.7 Å². The predicted molar refractivity (Wildman–Crippen MR) is 149 cm³/mol. The molecule has 1 aliphatic carbocycles. The SMILES string of the molecule is CC(C)Oc1ccc(C(=O)CCCC(=O)N[C@H](CN2CCCC2)[C@@H](O)C2=COC=C(C3=CC=CCC3)O2)cc1. The number of benzene rings is 1. The molecule has 2 aliphatic heterocycles. The molecule has 2 N–H and O–H groups in total. The van der Waals surface area contributed by atoms with E-state index in [0.717, 1.165) is 50.1 Å². The quantitative estimate of drug-likeness (QED) is 0.351. The van der Waals surface area contributed by atoms with Gasteiger partial charge >= 0.3 is 0 Å². The van der Waals surface area contributed by atoms with E-state index in [2.05, 4.69) is 16.3 Å². The molecule has 0 radical (unpaired) electrons. The highest BCUT2D eigenvalue weighted by atomic mass is 16.6. The van der Waals surface area contributed by atoms with Crippen molar-refractivity contribution in [3.63, 3.8) is 0 Å². The van der Waals surface area contributed by atoms with Crippen molar-refractivity contribution in [1.82, 2.24) is 10.2 Å². The summed E-state index contributed by atoms with van der Waals surface area (Å²) in [5, 5.41) is 14.3. The Morgan fingerprint density at radius 3 is 2.56 bits per heavy atom. The topological polar surface area (TPSA) is 97.3 Å². The second-order valence-corrected chi connectivity index (χ2v) is 10.5. The summed E-state index contributed by atoms with van der Waals surface area (Å²) in [6.07, 6.45) is 12.8. The Balaban J connectivity index is 1.30. The third-order valence-corrected chi connectivity index (χ3v) is 6.95. The number of carbonyl (C=O) groups is 2. The van der Waals surface area contributed by atoms with Crippen LogP contribution in [0.4, 0.5) is 0 Å². The Hall–Kier alpha value is -3.36. The molecule has 0 saturated carbocycles. The zero-order valence-electron chi connectivity index (χ0n) is 22.9. The summed E-state index contributed by atoms with van der Waals surface area (Å²) in [6.45, 7) is 6.26. The van der Waals surface area contributed by atoms with Crippen molar-refractivity contribution in [2.24, 2.45) is 0 Å². The number of aliphatic hydroxyl groups excluding tert-OH is 1. The van der Waals surface area contributed by atoms with Gasteiger partial charge < -0.3 is 29.5 Å². The number of carbonyl (C=O) groups excluding carboxylic acids is 2. The molecule has 1 saturated heterocycles. The average Bonchev–Trinajstić information content (AvgIpc) is 3.46. The first-order valence-electron chi connectivity index (χ1n) is 14.0. The fraction of sp³-hybridized carbons (Fsp3) is 0.484. The van der Waals surface area contributed by atoms with Crippen LogP contribution in [-0.2, 0) is 14.3 Å². The lowest BCUT2D eigenvalue weighted by atomic mass is 10.0. The number of allylic oxidation sites excluding steroid dienone is 4. The summed E-state index contributed by atoms with van der Waals surface area (Å²) >= 11 is 0. The van der Waals surface area contributed by atoms with Crippen LogP contribution in [0.15, 0.2) is 72.1 Å². The summed E-state index contributed by atoms with van der Waals surface area (Å²) in [4.78, 5) is 27.8. The number of ketones is 1. The molecular weight excluding hydrogens is 496 g/mol. The maximum absolute atomic E-state index is 12.9. The smallest absolute Gasteiger partial charge is 0.220 e. The van der Waals surface area contributed by atoms with Crippen molar-refractivity contribution in [1.29, 1.82) is 0 Å². The summed E-state index contributed by atoms with van der Waals surface area (Å²) < 4.78 is 17.2. The number of nitrogens with zero attached hydrogens (tertiary/aromatic N) is 1. The van der Waals surface area contributed by atoms with Crippen LogP contribution in [-0.4, -0.2) is 59.6 Å². The second kappa shape index (κ2) is 14.1. The van der Waals surface area contributed by atoms with Gasteiger partial charge in [0.05, 0.1) is 12.1 Å². The first-order valence-corrected chi connectivity index (χ1v) is 14.0. The van der Waals surface area contributed by atoms with Gasteiger partial charge in [-0.2, -0.15) is 0 Å². The van der Waals surface area contributed by atoms with Gasteiger partial charge in [-0.3, -0.25) is 9.59 Å². The largest absolute Gasteiger partial charge is 0.491 e. The van der Waals surface area contributed by atoms with E-state index >= 15 is 0 Å². The highest BCUT2D eigenvalue weighted by Crippen LogP contribution is 2.28. The van der Waals surface area contributed by atoms with Gasteiger partial charge in [0.2, 0.25) is 5.91 Å². The molecule has 0 unspecified atom stereocenters. The summed E-state index contributed by atoms with van der Waals surface area (Å²) in [6, 6.07) is 6.51. The van der Waals surface area contributed by atoms with Crippen LogP contribution in [0, 0.1) is 0 Å². The normalized spacial score (nSPS) is 18.8. The van der Waals surface area contributed by atoms with E-state index in [4.69, 9.17) is 14.2 Å². The third-order valence-electron chi connectivity index (χ3n) is 6.95. The lowest BCUT2D eigenvalue weighted by molar-refractivity contribution is -0.122. The molecule has 1 aromatic rings. The molecule has 8 heteroatoms. The number of likely N-dealkylation sites (tertiary alicyclic amines) is 1. The number of rotatable bonds is 13. The Labute approximate surface area is 231 Å². The summed E-state index contributed by atoms with van der Waals surface area (Å²) in [7, 11) is 0. The Kier molecular flexibility index (Phi) is 10.4. The average molecular weight is 537 g/mol. The van der Waals surface area contributed by atoms with Gasteiger partial charge in [-0.1, -0.05) is 18.2 Å². The Morgan fingerprint density at radius 1 is 1.10 bits per heavy atom. The highest BCUT2D eigenvalue weighted by molar-refractivity contribution is 5.96. The van der Waals surface area contributed by atoms with Crippen molar-refractivity contribution in [3.8, 4) is 5.75 Å². The first-order chi connectivity index (χ1) is 18.9. The molecule has 2 atom stereocenters. The first kappa shape index (κ1) is 28.6. The van der Waals surface area contributed by atoms with Gasteiger partial charge in [-0.15, -0.1) is 0 Å². The van der Waals surface area contributed by atoms with E-state index in [0.29, 0.717) is 24.3 Å². The fourth-order valence-electron chi connectivity index (χ4n) is 4.91. The third kappa shape index (κ3) is 8.57. The number of Topliss-reactive ketones (excluding diaryl/α,β-unsaturated/α-hetero) is 1. The molecule has 0 spiro atoms. The fourth-order valence-corrected chi connectivity index (χ4v) is 4.91. The molecule has 1 aromatic carbocycles. The van der Waals surface area contributed by atoms with Crippen LogP contribution in [0.3, 0.4) is 0 Å². The number of amides is 1. The number of hydrogen-bond donors (Lipinski definition) is 2. The minimum atomic E-state index is -1.08. The van der Waals surface area contributed by atoms with Crippen molar-refractivity contribution >= 4 is 11.7 Å². The van der Waals surface area contributed by atoms with Gasteiger partial charge in [0.15, 0.2) is 17.3 Å². The summed E-state index contributed by atoms with van der Waals surface area (Å²) in [5.74, 6) is 1.34. The molecule has 1 amide bonds. The van der Waals surface area contributed by atoms with Gasteiger partial charge in [-0.25, -0.2) is 0 Å². The molecule has 8 nitrogen and oxygen atoms in total. The van der Waals surface area contributed by atoms with E-state index in [1.165, 1.54) is 12.5 Å². The number of hydrogen-bond acceptors (Lipinski definition) is 7. The van der Waals surface area contributed by atoms with E-state index < -0.39 is 12.1 Å². The molecular formula is C31H40N2O6. The van der Waals surface area contributed by atoms with Crippen LogP contribution >= 0.6 is 0 Å². The molecule has 0 aromatic heterocycles. The van der Waals surface area contributed by atoms with Gasteiger partial charge in [0, 0.05) is 24.9 Å². The predicted octanol–water partition coefficient (Wildman–Crippen LogP) is 4.77. The molecule has 2 heterocycles. The van der Waals surface area contributed by atoms with Crippen LogP contribution in [0.25, 0.3) is 0 Å². The molecule has 1 fully saturated rings. The Morgan fingerprint density at radius 2 is 1.87 bits per heavy atom. The lowest BCUT2D eigenvalue weighted by Gasteiger charge is -2.30. The van der Waals surface area contributed by atoms with E-state index in [9.17, 15) is 14.7 Å². The number of ether oxygens (including phenoxy) is 3. The molecule has 4 rings (SSSR count). The number of nitrogens with one attached hydrogen (secondary N) is 1. The van der Waals surface area contributed by atoms with Crippen LogP contribution in [0.2, 0.25) is 0 Å². The zero-order chi connectivity index (χ0) is 27.6. The van der Waals surface area contributed by atoms with Crippen LogP contribution < -0.4 is 10.1 Å². The molecule has 210 valence electrons. The van der Waals surface area contributed by atoms with E-state index in [1.807, 2.05) is 26.0 Å². The van der Waals surface area contributed by atoms with Crippen molar-refractivity contribution < 1.29 is 28.9 Å². The maximum atomic E-state index is 12.9. The van der Waals surface area contributed by atoms with Crippen molar-refractivity contribution in [2.45, 2.75) is 77.0 Å². The van der Waals surface area contributed by atoms with Crippen molar-refractivity contribution in [2.75, 3.05) is 19.6 Å². The molecule has 0 bridgehead atoms. The standard InChI is InChI=1S/C31H40N2O6/c1-22(2)38-25-15-13-23(14-16-25)27(34)11-8-12-30(35)32-26(19-33-17-6-7-18-33)31(36)29-21-37-20-28(39-29)24-9-4-3-5-10-24/h3-4,9,13-16,20-22,26,31,36H,5-8,10-12,17-19H2,1-2H3,(H,32,35)/t26-,31-/m1/s1. The van der Waals surface area contributed by atoms with E-state index in [-0.39, 0.29) is 36.4 Å². The van der Waals surface area contributed by atoms with E-state index in [1.54, 1.807) is 24.3 Å². The number of aliphatic hydroxyl groups is 1. The van der Waals surface area contributed by atoms with Gasteiger partial charge in [0.1, 0.15) is 24.4 Å². The highest BCUT2D eigenvalue weighted by Gasteiger charge is 2.31. The molecule has 39 heavy (non-hydrogen) atoms. The Bertz CT molecular complexity index is 1110. The minimum absolute atomic E-state index is 0.0170. The minimum Gasteiger partial charge on any atom is -0.491 e. The molecule has 3 aliphatic rings. The lowest BCUT2D eigenvalue weighted by Crippen LogP contribution is -2.51. The van der Waals surface area contributed by atoms with Crippen LogP contribution in [0.5, 0.6) is 5.75 Å². The van der Waals surface area contributed by atoms with Gasteiger partial charge in [0.25, 0.3) is 0 Å². The maximum Gasteiger partial charge on any atom is 0.220 e.